The third-order valence-corrected chi connectivity index (χ3v) is 10.4. The standard InChI is InChI=1S/C40H56O4/c1-29(17-13-19-31(3)21-23-39-35(5,6)25-33(41)27-37(39,9)43-39)15-11-12-16-30(2)18-14-20-32(4)22-24-40-36(7,8)26-34(42)28-38(40,10)44-40/h11-24,33-34,41-42H,25-28H2,1-10H3/t33?,34?,37?,38?,39-,40-/m0/s1. The number of ether oxygens (including phenoxy) is 2. The molecule has 4 heteroatoms. The summed E-state index contributed by atoms with van der Waals surface area (Å²) in [5, 5.41) is 20.5. The second-order valence-electron chi connectivity index (χ2n) is 15.4. The minimum absolute atomic E-state index is 0.0969. The number of allylic oxidation sites excluding steroid dienone is 16. The fourth-order valence-electron chi connectivity index (χ4n) is 7.99. The highest BCUT2D eigenvalue weighted by Crippen LogP contribution is 2.67. The van der Waals surface area contributed by atoms with Crippen LogP contribution in [0.2, 0.25) is 0 Å². The third kappa shape index (κ3) is 6.84. The molecular formula is C40H56O4. The molecule has 2 saturated heterocycles. The van der Waals surface area contributed by atoms with Gasteiger partial charge in [0.15, 0.2) is 0 Å². The number of fused-ring (bicyclic) bond motifs is 2. The lowest BCUT2D eigenvalue weighted by Gasteiger charge is -2.39. The Hall–Kier alpha value is -2.50. The maximum atomic E-state index is 10.3. The monoisotopic (exact) mass is 600 g/mol. The van der Waals surface area contributed by atoms with Gasteiger partial charge in [0.25, 0.3) is 0 Å². The third-order valence-electron chi connectivity index (χ3n) is 10.4. The van der Waals surface area contributed by atoms with Crippen LogP contribution < -0.4 is 0 Å². The second kappa shape index (κ2) is 12.4. The number of rotatable bonds is 10. The molecule has 0 aromatic heterocycles. The van der Waals surface area contributed by atoms with Gasteiger partial charge < -0.3 is 19.7 Å². The first-order valence-corrected chi connectivity index (χ1v) is 16.3. The van der Waals surface area contributed by atoms with E-state index in [1.165, 1.54) is 22.3 Å². The van der Waals surface area contributed by atoms with E-state index in [0.717, 1.165) is 12.8 Å². The summed E-state index contributed by atoms with van der Waals surface area (Å²) in [6.07, 6.45) is 32.0. The Bertz CT molecular complexity index is 1270. The lowest BCUT2D eigenvalue weighted by molar-refractivity contribution is 0.0510. The molecule has 2 N–H and O–H groups in total. The predicted octanol–water partition coefficient (Wildman–Crippen LogP) is 8.97. The Morgan fingerprint density at radius 3 is 1.16 bits per heavy atom. The lowest BCUT2D eigenvalue weighted by Crippen LogP contribution is -2.46. The number of hydrogen-bond acceptors (Lipinski definition) is 4. The van der Waals surface area contributed by atoms with Crippen molar-refractivity contribution in [2.75, 3.05) is 0 Å². The summed E-state index contributed by atoms with van der Waals surface area (Å²) in [6.45, 7) is 21.4. The molecule has 2 aliphatic carbocycles. The molecule has 2 aliphatic heterocycles. The average Bonchev–Trinajstić information content (AvgIpc) is 3.73. The highest BCUT2D eigenvalue weighted by Gasteiger charge is 2.75. The number of hydrogen-bond donors (Lipinski definition) is 2. The van der Waals surface area contributed by atoms with Crippen LogP contribution >= 0.6 is 0 Å². The zero-order chi connectivity index (χ0) is 32.6. The van der Waals surface area contributed by atoms with Gasteiger partial charge in [-0.25, -0.2) is 0 Å². The van der Waals surface area contributed by atoms with Crippen molar-refractivity contribution in [1.29, 1.82) is 0 Å². The van der Waals surface area contributed by atoms with Gasteiger partial charge in [-0.2, -0.15) is 0 Å². The van der Waals surface area contributed by atoms with E-state index in [1.54, 1.807) is 0 Å². The van der Waals surface area contributed by atoms with Gasteiger partial charge in [0.1, 0.15) is 22.4 Å². The summed E-state index contributed by atoms with van der Waals surface area (Å²) >= 11 is 0. The first kappa shape index (κ1) is 34.4. The molecule has 4 fully saturated rings. The lowest BCUT2D eigenvalue weighted by atomic mass is 9.63. The Morgan fingerprint density at radius 2 is 0.818 bits per heavy atom. The van der Waals surface area contributed by atoms with Gasteiger partial charge in [0.05, 0.1) is 12.2 Å². The average molecular weight is 601 g/mol. The fraction of sp³-hybridized carbons (Fsp3) is 0.550. The van der Waals surface area contributed by atoms with Gasteiger partial charge in [-0.1, -0.05) is 123 Å². The Balaban J connectivity index is 1.25. The van der Waals surface area contributed by atoms with Crippen LogP contribution in [0, 0.1) is 10.8 Å². The Morgan fingerprint density at radius 1 is 0.500 bits per heavy atom. The number of epoxide rings is 2. The quantitative estimate of drug-likeness (QED) is 0.194. The predicted molar refractivity (Wildman–Crippen MR) is 183 cm³/mol. The molecular weight excluding hydrogens is 544 g/mol. The zero-order valence-corrected chi connectivity index (χ0v) is 28.8. The topological polar surface area (TPSA) is 65.5 Å². The van der Waals surface area contributed by atoms with E-state index in [2.05, 4.69) is 154 Å². The zero-order valence-electron chi connectivity index (χ0n) is 28.8. The summed E-state index contributed by atoms with van der Waals surface area (Å²) in [5.74, 6) is 0. The smallest absolute Gasteiger partial charge is 0.121 e. The Kier molecular flexibility index (Phi) is 9.66. The number of aliphatic hydroxyl groups excluding tert-OH is 2. The van der Waals surface area contributed by atoms with Crippen molar-refractivity contribution in [3.05, 3.63) is 107 Å². The van der Waals surface area contributed by atoms with E-state index in [1.807, 2.05) is 0 Å². The van der Waals surface area contributed by atoms with Gasteiger partial charge in [-0.15, -0.1) is 0 Å². The first-order chi connectivity index (χ1) is 20.4. The van der Waals surface area contributed by atoms with Crippen molar-refractivity contribution in [3.8, 4) is 0 Å². The SMILES string of the molecule is CC(C=CC=C(C)C=C[C@@]12OC1(C)CC(O)CC2(C)C)=CC=CC=C(C)C=CC=C(C)C=C[C@@]12OC1(C)CC(O)CC2(C)C. The van der Waals surface area contributed by atoms with E-state index < -0.39 is 0 Å². The largest absolute Gasteiger partial charge is 0.393 e. The normalized spacial score (nSPS) is 39.2. The van der Waals surface area contributed by atoms with Crippen LogP contribution in [0.25, 0.3) is 0 Å². The van der Waals surface area contributed by atoms with Gasteiger partial charge in [-0.3, -0.25) is 0 Å². The van der Waals surface area contributed by atoms with Crippen molar-refractivity contribution >= 4 is 0 Å². The number of aliphatic hydroxyl groups is 2. The molecule has 6 atom stereocenters. The van der Waals surface area contributed by atoms with Crippen LogP contribution in [0.5, 0.6) is 0 Å². The molecule has 44 heavy (non-hydrogen) atoms. The molecule has 4 unspecified atom stereocenters. The van der Waals surface area contributed by atoms with Crippen molar-refractivity contribution in [1.82, 2.24) is 0 Å². The van der Waals surface area contributed by atoms with Gasteiger partial charge in [-0.05, 0) is 66.5 Å². The summed E-state index contributed by atoms with van der Waals surface area (Å²) in [4.78, 5) is 0. The summed E-state index contributed by atoms with van der Waals surface area (Å²) in [7, 11) is 0. The van der Waals surface area contributed by atoms with E-state index in [9.17, 15) is 10.2 Å². The van der Waals surface area contributed by atoms with E-state index in [4.69, 9.17) is 9.47 Å². The van der Waals surface area contributed by atoms with Gasteiger partial charge >= 0.3 is 0 Å². The first-order valence-electron chi connectivity index (χ1n) is 16.3. The minimum atomic E-state index is -0.294. The highest BCUT2D eigenvalue weighted by atomic mass is 16.6. The van der Waals surface area contributed by atoms with Crippen LogP contribution in [-0.4, -0.2) is 44.8 Å². The van der Waals surface area contributed by atoms with Crippen LogP contribution in [0.15, 0.2) is 107 Å². The molecule has 0 aromatic rings. The van der Waals surface area contributed by atoms with Crippen molar-refractivity contribution in [2.24, 2.45) is 10.8 Å². The van der Waals surface area contributed by atoms with Crippen LogP contribution in [-0.2, 0) is 9.47 Å². The molecule has 4 aliphatic rings. The fourth-order valence-corrected chi connectivity index (χ4v) is 7.99. The van der Waals surface area contributed by atoms with E-state index in [0.29, 0.717) is 12.8 Å². The summed E-state index contributed by atoms with van der Waals surface area (Å²) in [5.41, 5.74) is 3.36. The van der Waals surface area contributed by atoms with Gasteiger partial charge in [0.2, 0.25) is 0 Å². The Labute approximate surface area is 267 Å². The van der Waals surface area contributed by atoms with Crippen LogP contribution in [0.1, 0.15) is 94.9 Å². The van der Waals surface area contributed by atoms with Crippen LogP contribution in [0.4, 0.5) is 0 Å². The molecule has 0 amide bonds. The van der Waals surface area contributed by atoms with E-state index in [-0.39, 0.29) is 45.4 Å². The second-order valence-corrected chi connectivity index (χ2v) is 15.4. The molecule has 0 radical (unpaired) electrons. The van der Waals surface area contributed by atoms with Crippen LogP contribution in [0.3, 0.4) is 0 Å². The highest BCUT2D eigenvalue weighted by molar-refractivity contribution is 5.38. The van der Waals surface area contributed by atoms with Crippen molar-refractivity contribution in [2.45, 2.75) is 130 Å². The molecule has 0 bridgehead atoms. The summed E-state index contributed by atoms with van der Waals surface area (Å²) in [6, 6.07) is 0. The molecule has 2 saturated carbocycles. The molecule has 240 valence electrons. The molecule has 4 rings (SSSR count). The minimum Gasteiger partial charge on any atom is -0.393 e. The molecule has 0 spiro atoms. The molecule has 4 nitrogen and oxygen atoms in total. The molecule has 0 aromatic carbocycles. The maximum absolute atomic E-state index is 10.3. The van der Waals surface area contributed by atoms with Gasteiger partial charge in [0, 0.05) is 23.7 Å². The molecule has 2 heterocycles. The van der Waals surface area contributed by atoms with Crippen molar-refractivity contribution < 1.29 is 19.7 Å². The summed E-state index contributed by atoms with van der Waals surface area (Å²) < 4.78 is 12.5. The van der Waals surface area contributed by atoms with E-state index >= 15 is 0 Å². The van der Waals surface area contributed by atoms with Crippen molar-refractivity contribution in [3.63, 3.8) is 0 Å². The maximum Gasteiger partial charge on any atom is 0.121 e.